The predicted molar refractivity (Wildman–Crippen MR) is 103 cm³/mol. The minimum Gasteiger partial charge on any atom is -0.306 e. The lowest BCUT2D eigenvalue weighted by molar-refractivity contribution is 0.0955. The molecule has 1 fully saturated rings. The smallest absolute Gasteiger partial charge is 0.273 e. The standard InChI is InChI=1S/C17H20N4O3S2/c1-21-10-8-13(9-11-21)18-19-17(22)14-5-2-3-6-15(14)20-26(23,24)16-7-4-12-25-16/h2-7,12,20H,8-11H2,1H3,(H,19,22). The number of anilines is 1. The molecule has 0 unspecified atom stereocenters. The Balaban J connectivity index is 1.74. The summed E-state index contributed by atoms with van der Waals surface area (Å²) in [6.45, 7) is 1.82. The fourth-order valence-electron chi connectivity index (χ4n) is 2.56. The lowest BCUT2D eigenvalue weighted by Crippen LogP contribution is -2.32. The Kier molecular flexibility index (Phi) is 5.70. The van der Waals surface area contributed by atoms with Gasteiger partial charge in [-0.15, -0.1) is 11.3 Å². The van der Waals surface area contributed by atoms with Crippen LogP contribution in [0, 0.1) is 0 Å². The third kappa shape index (κ3) is 4.48. The number of amides is 1. The number of rotatable bonds is 5. The number of likely N-dealkylation sites (tertiary alicyclic amines) is 1. The topological polar surface area (TPSA) is 90.9 Å². The number of thiophene rings is 1. The highest BCUT2D eigenvalue weighted by atomic mass is 32.2. The van der Waals surface area contributed by atoms with E-state index in [1.807, 2.05) is 7.05 Å². The molecule has 2 aromatic rings. The zero-order chi connectivity index (χ0) is 18.6. The number of para-hydroxylation sites is 1. The summed E-state index contributed by atoms with van der Waals surface area (Å²) in [5.74, 6) is -0.444. The molecule has 0 atom stereocenters. The van der Waals surface area contributed by atoms with Crippen molar-refractivity contribution in [2.24, 2.45) is 5.10 Å². The highest BCUT2D eigenvalue weighted by molar-refractivity contribution is 7.94. The highest BCUT2D eigenvalue weighted by Gasteiger charge is 2.19. The molecule has 9 heteroatoms. The third-order valence-corrected chi connectivity index (χ3v) is 6.82. The second-order valence-corrected chi connectivity index (χ2v) is 8.86. The summed E-state index contributed by atoms with van der Waals surface area (Å²) in [4.78, 5) is 14.7. The van der Waals surface area contributed by atoms with Gasteiger partial charge in [0.15, 0.2) is 0 Å². The van der Waals surface area contributed by atoms with Crippen molar-refractivity contribution >= 4 is 38.7 Å². The molecule has 0 aliphatic carbocycles. The van der Waals surface area contributed by atoms with Crippen LogP contribution in [0.25, 0.3) is 0 Å². The van der Waals surface area contributed by atoms with Crippen molar-refractivity contribution in [3.05, 3.63) is 47.3 Å². The second kappa shape index (κ2) is 7.98. The van der Waals surface area contributed by atoms with E-state index in [2.05, 4.69) is 20.1 Å². The number of benzene rings is 1. The molecular formula is C17H20N4O3S2. The van der Waals surface area contributed by atoms with Crippen LogP contribution in [0.15, 0.2) is 51.1 Å². The van der Waals surface area contributed by atoms with E-state index < -0.39 is 15.9 Å². The summed E-state index contributed by atoms with van der Waals surface area (Å²) in [6, 6.07) is 9.66. The van der Waals surface area contributed by atoms with Crippen LogP contribution in [-0.4, -0.2) is 45.1 Å². The molecule has 2 N–H and O–H groups in total. The van der Waals surface area contributed by atoms with Gasteiger partial charge in [-0.3, -0.25) is 9.52 Å². The number of hydrogen-bond acceptors (Lipinski definition) is 6. The molecule has 1 saturated heterocycles. The van der Waals surface area contributed by atoms with E-state index in [0.717, 1.165) is 43.0 Å². The summed E-state index contributed by atoms with van der Waals surface area (Å²) in [5.41, 5.74) is 3.93. The SMILES string of the molecule is CN1CCC(=NNC(=O)c2ccccc2NS(=O)(=O)c2cccs2)CC1. The molecule has 1 aliphatic rings. The average molecular weight is 393 g/mol. The van der Waals surface area contributed by atoms with Crippen LogP contribution in [0.5, 0.6) is 0 Å². The molecule has 3 rings (SSSR count). The Morgan fingerprint density at radius 2 is 1.88 bits per heavy atom. The zero-order valence-electron chi connectivity index (χ0n) is 14.3. The van der Waals surface area contributed by atoms with Crippen LogP contribution in [0.3, 0.4) is 0 Å². The van der Waals surface area contributed by atoms with E-state index in [9.17, 15) is 13.2 Å². The molecule has 0 spiro atoms. The van der Waals surface area contributed by atoms with Gasteiger partial charge in [0.2, 0.25) is 0 Å². The lowest BCUT2D eigenvalue weighted by atomic mass is 10.1. The molecule has 1 aromatic heterocycles. The van der Waals surface area contributed by atoms with Crippen molar-refractivity contribution in [1.82, 2.24) is 10.3 Å². The first-order valence-corrected chi connectivity index (χ1v) is 10.5. The van der Waals surface area contributed by atoms with E-state index in [1.165, 1.54) is 6.07 Å². The van der Waals surface area contributed by atoms with E-state index >= 15 is 0 Å². The Labute approximate surface area is 156 Å². The van der Waals surface area contributed by atoms with E-state index in [4.69, 9.17) is 0 Å². The van der Waals surface area contributed by atoms with E-state index in [-0.39, 0.29) is 15.5 Å². The van der Waals surface area contributed by atoms with Crippen LogP contribution < -0.4 is 10.1 Å². The van der Waals surface area contributed by atoms with Crippen molar-refractivity contribution in [1.29, 1.82) is 0 Å². The molecule has 1 aromatic carbocycles. The number of piperidine rings is 1. The van der Waals surface area contributed by atoms with Crippen molar-refractivity contribution in [3.8, 4) is 0 Å². The molecule has 0 bridgehead atoms. The number of carbonyl (C=O) groups excluding carboxylic acids is 1. The second-order valence-electron chi connectivity index (χ2n) is 6.01. The van der Waals surface area contributed by atoms with Crippen molar-refractivity contribution in [2.75, 3.05) is 24.9 Å². The monoisotopic (exact) mass is 392 g/mol. The summed E-state index contributed by atoms with van der Waals surface area (Å²) in [5, 5.41) is 5.88. The van der Waals surface area contributed by atoms with Gasteiger partial charge >= 0.3 is 0 Å². The normalized spacial score (nSPS) is 15.5. The number of nitrogens with zero attached hydrogens (tertiary/aromatic N) is 2. The Hall–Kier alpha value is -2.23. The maximum atomic E-state index is 12.5. The molecule has 7 nitrogen and oxygen atoms in total. The van der Waals surface area contributed by atoms with Gasteiger partial charge < -0.3 is 4.90 Å². The third-order valence-electron chi connectivity index (χ3n) is 4.06. The fourth-order valence-corrected chi connectivity index (χ4v) is 4.63. The van der Waals surface area contributed by atoms with E-state index in [1.54, 1.807) is 35.7 Å². The van der Waals surface area contributed by atoms with Gasteiger partial charge in [0.05, 0.1) is 11.3 Å². The summed E-state index contributed by atoms with van der Waals surface area (Å²) >= 11 is 1.12. The molecular weight excluding hydrogens is 372 g/mol. The predicted octanol–water partition coefficient (Wildman–Crippen LogP) is 2.36. The maximum Gasteiger partial charge on any atom is 0.273 e. The van der Waals surface area contributed by atoms with Gasteiger partial charge in [0.1, 0.15) is 4.21 Å². The van der Waals surface area contributed by atoms with Gasteiger partial charge in [0.25, 0.3) is 15.9 Å². The number of sulfonamides is 1. The lowest BCUT2D eigenvalue weighted by Gasteiger charge is -2.22. The number of nitrogens with one attached hydrogen (secondary N) is 2. The van der Waals surface area contributed by atoms with Crippen LogP contribution >= 0.6 is 11.3 Å². The Morgan fingerprint density at radius 3 is 2.58 bits per heavy atom. The average Bonchev–Trinajstić information content (AvgIpc) is 3.17. The zero-order valence-corrected chi connectivity index (χ0v) is 15.9. The highest BCUT2D eigenvalue weighted by Crippen LogP contribution is 2.22. The van der Waals surface area contributed by atoms with Gasteiger partial charge in [-0.05, 0) is 30.6 Å². The van der Waals surface area contributed by atoms with Crippen LogP contribution in [0.4, 0.5) is 5.69 Å². The maximum absolute atomic E-state index is 12.5. The first-order valence-electron chi connectivity index (χ1n) is 8.15. The van der Waals surface area contributed by atoms with Gasteiger partial charge in [-0.2, -0.15) is 5.10 Å². The molecule has 1 amide bonds. The van der Waals surface area contributed by atoms with Gasteiger partial charge in [0, 0.05) is 31.6 Å². The van der Waals surface area contributed by atoms with Crippen LogP contribution in [-0.2, 0) is 10.0 Å². The molecule has 138 valence electrons. The Morgan fingerprint density at radius 1 is 1.15 bits per heavy atom. The summed E-state index contributed by atoms with van der Waals surface area (Å²) < 4.78 is 27.5. The minimum atomic E-state index is -3.72. The minimum absolute atomic E-state index is 0.194. The number of carbonyl (C=O) groups is 1. The molecule has 0 saturated carbocycles. The van der Waals surface area contributed by atoms with E-state index in [0.29, 0.717) is 0 Å². The molecule has 26 heavy (non-hydrogen) atoms. The Bertz CT molecular complexity index is 898. The molecule has 0 radical (unpaired) electrons. The largest absolute Gasteiger partial charge is 0.306 e. The van der Waals surface area contributed by atoms with Crippen molar-refractivity contribution < 1.29 is 13.2 Å². The molecule has 1 aliphatic heterocycles. The van der Waals surface area contributed by atoms with Crippen molar-refractivity contribution in [3.63, 3.8) is 0 Å². The first kappa shape index (κ1) is 18.6. The summed E-state index contributed by atoms with van der Waals surface area (Å²) in [6.07, 6.45) is 1.62. The van der Waals surface area contributed by atoms with Gasteiger partial charge in [-0.25, -0.2) is 13.8 Å². The number of hydrogen-bond donors (Lipinski definition) is 2. The van der Waals surface area contributed by atoms with Crippen molar-refractivity contribution in [2.45, 2.75) is 17.1 Å². The fraction of sp³-hybridized carbons (Fsp3) is 0.294. The molecule has 2 heterocycles. The first-order chi connectivity index (χ1) is 12.5. The van der Waals surface area contributed by atoms with Gasteiger partial charge in [-0.1, -0.05) is 18.2 Å². The van der Waals surface area contributed by atoms with Crippen LogP contribution in [0.1, 0.15) is 23.2 Å². The summed E-state index contributed by atoms with van der Waals surface area (Å²) in [7, 11) is -1.67. The quantitative estimate of drug-likeness (QED) is 0.764. The number of hydrazone groups is 1. The van der Waals surface area contributed by atoms with Crippen LogP contribution in [0.2, 0.25) is 0 Å².